The molecule has 2 atom stereocenters. The lowest BCUT2D eigenvalue weighted by Crippen LogP contribution is -2.38. The number of nitrogens with zero attached hydrogens (tertiary/aromatic N) is 6. The number of benzene rings is 2. The van der Waals surface area contributed by atoms with Crippen LogP contribution < -0.4 is 9.64 Å². The molecule has 0 aliphatic carbocycles. The number of hydrogen-bond donors (Lipinski definition) is 0. The maximum atomic E-state index is 16.4. The second-order valence-corrected chi connectivity index (χ2v) is 10.8. The fourth-order valence-corrected chi connectivity index (χ4v) is 6.37. The molecule has 5 heterocycles. The molecule has 0 N–H and O–H groups in total. The first kappa shape index (κ1) is 27.4. The highest BCUT2D eigenvalue weighted by Crippen LogP contribution is 2.40. The molecule has 218 valence electrons. The monoisotopic (exact) mass is 588 g/mol. The Labute approximate surface area is 252 Å². The van der Waals surface area contributed by atoms with E-state index >= 15 is 4.39 Å². The summed E-state index contributed by atoms with van der Waals surface area (Å²) in [5.41, 5.74) is 1.74. The fraction of sp³-hybridized carbons (Fsp3) is 0.206. The zero-order valence-corrected chi connectivity index (χ0v) is 23.7. The fourth-order valence-electron chi connectivity index (χ4n) is 6.37. The van der Waals surface area contributed by atoms with E-state index in [1.54, 1.807) is 36.7 Å². The number of aromatic nitrogens is 4. The van der Waals surface area contributed by atoms with Crippen LogP contribution in [0, 0.1) is 24.1 Å². The molecule has 3 aromatic heterocycles. The normalized spacial score (nSPS) is 18.1. The minimum absolute atomic E-state index is 0.00417. The van der Waals surface area contributed by atoms with Gasteiger partial charge in [0.05, 0.1) is 24.2 Å². The van der Waals surface area contributed by atoms with Gasteiger partial charge in [-0.3, -0.25) is 14.8 Å². The van der Waals surface area contributed by atoms with E-state index in [1.165, 1.54) is 12.0 Å². The molecule has 0 bridgehead atoms. The number of likely N-dealkylation sites (tertiary alicyclic amines) is 1. The highest BCUT2D eigenvalue weighted by molar-refractivity contribution is 6.02. The number of carbonyl (C=O) groups excluding carboxylic acids is 1. The van der Waals surface area contributed by atoms with Gasteiger partial charge in [0.1, 0.15) is 17.0 Å². The topological polar surface area (TPSA) is 84.3 Å². The summed E-state index contributed by atoms with van der Waals surface area (Å²) in [5.74, 6) is 1.06. The van der Waals surface area contributed by atoms with Gasteiger partial charge in [-0.2, -0.15) is 9.97 Å². The summed E-state index contributed by atoms with van der Waals surface area (Å²) in [7, 11) is 1.42. The number of anilines is 1. The van der Waals surface area contributed by atoms with Gasteiger partial charge in [0.2, 0.25) is 0 Å². The molecule has 10 heteroatoms. The lowest BCUT2D eigenvalue weighted by Gasteiger charge is -2.27. The Bertz CT molecular complexity index is 2000. The van der Waals surface area contributed by atoms with Crippen molar-refractivity contribution in [2.45, 2.75) is 12.5 Å². The van der Waals surface area contributed by atoms with Gasteiger partial charge in [0.25, 0.3) is 5.91 Å². The first-order chi connectivity index (χ1) is 21.5. The van der Waals surface area contributed by atoms with Gasteiger partial charge in [-0.05, 0) is 30.0 Å². The molecule has 0 saturated carbocycles. The quantitative estimate of drug-likeness (QED) is 0.200. The Morgan fingerprint density at radius 3 is 2.70 bits per heavy atom. The minimum atomic E-state index is -0.871. The summed E-state index contributed by atoms with van der Waals surface area (Å²) < 4.78 is 36.7. The second-order valence-electron chi connectivity index (χ2n) is 10.8. The number of ether oxygens (including phenoxy) is 1. The van der Waals surface area contributed by atoms with Gasteiger partial charge in [0.15, 0.2) is 11.6 Å². The molecular formula is C34H26F2N6O2. The van der Waals surface area contributed by atoms with Crippen molar-refractivity contribution in [1.29, 1.82) is 0 Å². The highest BCUT2D eigenvalue weighted by atomic mass is 19.1. The largest absolute Gasteiger partial charge is 0.467 e. The summed E-state index contributed by atoms with van der Waals surface area (Å²) in [6.45, 7) is 1.32. The molecule has 2 unspecified atom stereocenters. The Kier molecular flexibility index (Phi) is 6.85. The van der Waals surface area contributed by atoms with E-state index in [4.69, 9.17) is 11.2 Å². The molecule has 44 heavy (non-hydrogen) atoms. The van der Waals surface area contributed by atoms with E-state index in [0.29, 0.717) is 47.7 Å². The van der Waals surface area contributed by atoms with E-state index in [1.807, 2.05) is 35.2 Å². The van der Waals surface area contributed by atoms with Crippen LogP contribution in [-0.2, 0) is 4.79 Å². The van der Waals surface area contributed by atoms with E-state index in [-0.39, 0.29) is 29.2 Å². The Morgan fingerprint density at radius 2 is 1.93 bits per heavy atom. The van der Waals surface area contributed by atoms with Gasteiger partial charge in [-0.15, -0.1) is 6.42 Å². The Balaban J connectivity index is 1.25. The number of fused-ring (bicyclic) bond motifs is 3. The number of amides is 1. The summed E-state index contributed by atoms with van der Waals surface area (Å²) in [6.07, 6.45) is 10.8. The lowest BCUT2D eigenvalue weighted by molar-refractivity contribution is -0.127. The van der Waals surface area contributed by atoms with E-state index in [9.17, 15) is 9.18 Å². The number of terminal acetylenes is 1. The Morgan fingerprint density at radius 1 is 1.09 bits per heavy atom. The van der Waals surface area contributed by atoms with Crippen molar-refractivity contribution in [3.8, 4) is 29.6 Å². The summed E-state index contributed by atoms with van der Waals surface area (Å²) >= 11 is 0. The van der Waals surface area contributed by atoms with E-state index in [0.717, 1.165) is 23.3 Å². The maximum Gasteiger partial charge on any atom is 0.318 e. The molecule has 7 rings (SSSR count). The van der Waals surface area contributed by atoms with Crippen molar-refractivity contribution in [3.63, 3.8) is 0 Å². The SMILES string of the molecule is C#Cc1cccc2cccc(-c3ncc4c(N5CCC6CN(C(=O)/C(F)=C/c7ccccn7)CC65)nc(OC)nc4c3F)c12. The van der Waals surface area contributed by atoms with Crippen molar-refractivity contribution in [1.82, 2.24) is 24.8 Å². The lowest BCUT2D eigenvalue weighted by atomic mass is 9.97. The third kappa shape index (κ3) is 4.57. The van der Waals surface area contributed by atoms with Gasteiger partial charge >= 0.3 is 6.01 Å². The molecule has 1 amide bonds. The third-order valence-corrected chi connectivity index (χ3v) is 8.42. The molecule has 2 saturated heterocycles. The van der Waals surface area contributed by atoms with Crippen molar-refractivity contribution in [2.24, 2.45) is 5.92 Å². The van der Waals surface area contributed by atoms with Crippen molar-refractivity contribution in [3.05, 3.63) is 89.9 Å². The standard InChI is InChI=1S/C34H26F2N6O2/c1-3-20-8-6-9-21-10-7-12-24(28(20)21)30-29(36)31-25(17-38-30)32(40-34(39-31)44-2)42-15-13-22-18-41(19-27(22)42)33(43)26(35)16-23-11-4-5-14-37-23/h1,4-12,14,16-17,22,27H,13,15,18-19H2,2H3/b26-16-. The van der Waals surface area contributed by atoms with Crippen LogP contribution in [-0.4, -0.2) is 63.5 Å². The summed E-state index contributed by atoms with van der Waals surface area (Å²) in [6, 6.07) is 16.1. The van der Waals surface area contributed by atoms with Gasteiger partial charge < -0.3 is 14.5 Å². The smallest absolute Gasteiger partial charge is 0.318 e. The predicted octanol–water partition coefficient (Wildman–Crippen LogP) is 5.42. The van der Waals surface area contributed by atoms with Crippen molar-refractivity contribution < 1.29 is 18.3 Å². The number of rotatable bonds is 5. The van der Waals surface area contributed by atoms with Crippen LogP contribution in [0.4, 0.5) is 14.6 Å². The minimum Gasteiger partial charge on any atom is -0.467 e. The zero-order valence-electron chi connectivity index (χ0n) is 23.7. The van der Waals surface area contributed by atoms with Crippen LogP contribution in [0.1, 0.15) is 17.7 Å². The average Bonchev–Trinajstić information content (AvgIpc) is 3.66. The predicted molar refractivity (Wildman–Crippen MR) is 164 cm³/mol. The molecule has 5 aromatic rings. The number of hydrogen-bond acceptors (Lipinski definition) is 7. The first-order valence-electron chi connectivity index (χ1n) is 14.2. The van der Waals surface area contributed by atoms with Crippen LogP contribution in [0.2, 0.25) is 0 Å². The number of halogens is 2. The van der Waals surface area contributed by atoms with Crippen LogP contribution in [0.25, 0.3) is 39.0 Å². The van der Waals surface area contributed by atoms with E-state index < -0.39 is 17.6 Å². The van der Waals surface area contributed by atoms with Crippen LogP contribution in [0.5, 0.6) is 6.01 Å². The van der Waals surface area contributed by atoms with Crippen LogP contribution in [0.15, 0.2) is 72.8 Å². The van der Waals surface area contributed by atoms with Crippen LogP contribution in [0.3, 0.4) is 0 Å². The zero-order chi connectivity index (χ0) is 30.4. The number of carbonyl (C=O) groups is 1. The number of methoxy groups -OCH3 is 1. The summed E-state index contributed by atoms with van der Waals surface area (Å²) in [5, 5.41) is 2.01. The molecule has 2 aliphatic rings. The molecular weight excluding hydrogens is 562 g/mol. The van der Waals surface area contributed by atoms with Crippen LogP contribution >= 0.6 is 0 Å². The Hall–Kier alpha value is -5.43. The molecule has 2 aliphatic heterocycles. The third-order valence-electron chi connectivity index (χ3n) is 8.42. The average molecular weight is 589 g/mol. The number of pyridine rings is 2. The van der Waals surface area contributed by atoms with E-state index in [2.05, 4.69) is 25.9 Å². The molecule has 2 aromatic carbocycles. The van der Waals surface area contributed by atoms with Gasteiger partial charge in [0, 0.05) is 60.5 Å². The second kappa shape index (κ2) is 11.0. The molecule has 2 fully saturated rings. The van der Waals surface area contributed by atoms with Gasteiger partial charge in [-0.1, -0.05) is 42.3 Å². The van der Waals surface area contributed by atoms with Gasteiger partial charge in [-0.25, -0.2) is 8.78 Å². The first-order valence-corrected chi connectivity index (χ1v) is 14.2. The molecule has 0 spiro atoms. The molecule has 0 radical (unpaired) electrons. The molecule has 8 nitrogen and oxygen atoms in total. The summed E-state index contributed by atoms with van der Waals surface area (Å²) in [4.78, 5) is 34.2. The van der Waals surface area contributed by atoms with Crippen molar-refractivity contribution >= 4 is 39.5 Å². The van der Waals surface area contributed by atoms with Crippen molar-refractivity contribution in [2.75, 3.05) is 31.6 Å². The highest BCUT2D eigenvalue weighted by Gasteiger charge is 2.44. The maximum absolute atomic E-state index is 16.4.